The number of nitrogens with two attached hydrogens (primary N) is 1. The van der Waals surface area contributed by atoms with Gasteiger partial charge in [0.05, 0.1) is 24.8 Å². The van der Waals surface area contributed by atoms with Crippen LogP contribution in [0.4, 0.5) is 5.82 Å². The van der Waals surface area contributed by atoms with Gasteiger partial charge >= 0.3 is 0 Å². The van der Waals surface area contributed by atoms with E-state index in [4.69, 9.17) is 15.2 Å². The van der Waals surface area contributed by atoms with Crippen LogP contribution in [-0.2, 0) is 0 Å². The number of aromatic nitrogens is 5. The molecule has 164 valence electrons. The van der Waals surface area contributed by atoms with Gasteiger partial charge in [-0.15, -0.1) is 16.4 Å². The summed E-state index contributed by atoms with van der Waals surface area (Å²) in [4.78, 5) is 13.6. The molecule has 1 amide bonds. The second kappa shape index (κ2) is 8.85. The first-order valence-electron chi connectivity index (χ1n) is 9.18. The van der Waals surface area contributed by atoms with Gasteiger partial charge in [0.2, 0.25) is 11.6 Å². The minimum absolute atomic E-state index is 0.0157. The number of nitrogens with zero attached hydrogens (tertiary/aromatic N) is 6. The largest absolute Gasteiger partial charge is 0.493 e. The molecule has 0 saturated carbocycles. The highest BCUT2D eigenvalue weighted by molar-refractivity contribution is 7.13. The van der Waals surface area contributed by atoms with Gasteiger partial charge < -0.3 is 15.2 Å². The van der Waals surface area contributed by atoms with E-state index in [-0.39, 0.29) is 17.3 Å². The molecule has 0 aliphatic carbocycles. The van der Waals surface area contributed by atoms with Gasteiger partial charge in [0, 0.05) is 5.56 Å². The van der Waals surface area contributed by atoms with Crippen molar-refractivity contribution in [2.75, 3.05) is 20.0 Å². The van der Waals surface area contributed by atoms with Crippen molar-refractivity contribution in [2.24, 2.45) is 5.10 Å². The average molecular weight is 454 g/mol. The molecule has 0 unspecified atom stereocenters. The lowest BCUT2D eigenvalue weighted by atomic mass is 10.1. The summed E-state index contributed by atoms with van der Waals surface area (Å²) in [6.45, 7) is 1.75. The van der Waals surface area contributed by atoms with Crippen LogP contribution < -0.4 is 20.6 Å². The maximum atomic E-state index is 12.9. The zero-order chi connectivity index (χ0) is 22.7. The Balaban J connectivity index is 1.64. The Morgan fingerprint density at radius 3 is 2.69 bits per heavy atom. The molecule has 0 fully saturated rings. The number of nitrogens with one attached hydrogen (secondary N) is 1. The van der Waals surface area contributed by atoms with Crippen LogP contribution in [0.15, 0.2) is 45.4 Å². The van der Waals surface area contributed by atoms with Gasteiger partial charge in [0.25, 0.3) is 5.91 Å². The van der Waals surface area contributed by atoms with E-state index in [1.807, 2.05) is 17.5 Å². The molecule has 0 saturated heterocycles. The third-order valence-corrected chi connectivity index (χ3v) is 5.34. The zero-order valence-electron chi connectivity index (χ0n) is 17.3. The molecule has 4 rings (SSSR count). The average Bonchev–Trinajstić information content (AvgIpc) is 3.56. The van der Waals surface area contributed by atoms with Crippen LogP contribution in [-0.4, -0.2) is 51.1 Å². The van der Waals surface area contributed by atoms with Gasteiger partial charge in [0.1, 0.15) is 5.69 Å². The fraction of sp³-hybridized carbons (Fsp3) is 0.158. The van der Waals surface area contributed by atoms with E-state index in [2.05, 4.69) is 35.8 Å². The predicted molar refractivity (Wildman–Crippen MR) is 116 cm³/mol. The molecule has 3 N–H and O–H groups in total. The Hall–Kier alpha value is -4.26. The fourth-order valence-corrected chi connectivity index (χ4v) is 3.62. The van der Waals surface area contributed by atoms with E-state index in [9.17, 15) is 4.79 Å². The lowest BCUT2D eigenvalue weighted by Gasteiger charge is -2.09. The number of ether oxygens (including phenoxy) is 2. The van der Waals surface area contributed by atoms with Gasteiger partial charge in [-0.3, -0.25) is 4.79 Å². The van der Waals surface area contributed by atoms with Crippen LogP contribution in [0.25, 0.3) is 16.4 Å². The molecule has 0 aliphatic rings. The Kier molecular flexibility index (Phi) is 5.81. The second-order valence-corrected chi connectivity index (χ2v) is 7.30. The normalized spacial score (nSPS) is 11.4. The fourth-order valence-electron chi connectivity index (χ4n) is 2.87. The smallest absolute Gasteiger partial charge is 0.294 e. The molecule has 0 aliphatic heterocycles. The third-order valence-electron chi connectivity index (χ3n) is 4.46. The molecular weight excluding hydrogens is 436 g/mol. The first-order valence-corrected chi connectivity index (χ1v) is 10.1. The van der Waals surface area contributed by atoms with Crippen LogP contribution in [0.2, 0.25) is 0 Å². The monoisotopic (exact) mass is 454 g/mol. The first kappa shape index (κ1) is 21.0. The number of nitrogen functional groups attached to an aromatic ring is 1. The minimum Gasteiger partial charge on any atom is -0.493 e. The predicted octanol–water partition coefficient (Wildman–Crippen LogP) is 2.13. The number of methoxy groups -OCH3 is 2. The van der Waals surface area contributed by atoms with Crippen LogP contribution in [0.1, 0.15) is 23.0 Å². The summed E-state index contributed by atoms with van der Waals surface area (Å²) in [5, 5.41) is 21.4. The van der Waals surface area contributed by atoms with E-state index in [0.29, 0.717) is 22.9 Å². The van der Waals surface area contributed by atoms with Crippen molar-refractivity contribution in [3.8, 4) is 27.9 Å². The molecule has 0 spiro atoms. The van der Waals surface area contributed by atoms with E-state index in [0.717, 1.165) is 10.4 Å². The number of carbonyl (C=O) groups is 1. The number of hydrazone groups is 1. The highest BCUT2D eigenvalue weighted by Crippen LogP contribution is 2.30. The van der Waals surface area contributed by atoms with Gasteiger partial charge in [-0.1, -0.05) is 11.3 Å². The van der Waals surface area contributed by atoms with Crippen LogP contribution in [0.3, 0.4) is 0 Å². The molecule has 32 heavy (non-hydrogen) atoms. The molecule has 0 radical (unpaired) electrons. The van der Waals surface area contributed by atoms with Crippen molar-refractivity contribution in [1.82, 2.24) is 30.7 Å². The quantitative estimate of drug-likeness (QED) is 0.315. The van der Waals surface area contributed by atoms with Gasteiger partial charge in [-0.2, -0.15) is 9.78 Å². The Bertz CT molecular complexity index is 1280. The lowest BCUT2D eigenvalue weighted by molar-refractivity contribution is 0.0950. The molecule has 4 aromatic rings. The summed E-state index contributed by atoms with van der Waals surface area (Å²) in [6.07, 6.45) is 0. The van der Waals surface area contributed by atoms with E-state index < -0.39 is 5.91 Å². The summed E-state index contributed by atoms with van der Waals surface area (Å²) in [5.74, 6) is 0.723. The van der Waals surface area contributed by atoms with E-state index >= 15 is 0 Å². The van der Waals surface area contributed by atoms with Gasteiger partial charge in [0.15, 0.2) is 17.2 Å². The molecule has 0 bridgehead atoms. The standard InChI is InChI=1S/C19H18N8O4S/c1-10(11-6-7-12(29-2)13(9-11)30-3)21-23-19(28)15-16(14-5-4-8-32-14)27(26-22-15)18-17(20)24-31-25-18/h4-9H,1-3H3,(H2,20,24)(H,23,28)/b21-10-. The van der Waals surface area contributed by atoms with Crippen molar-refractivity contribution in [3.63, 3.8) is 0 Å². The Morgan fingerprint density at radius 1 is 1.22 bits per heavy atom. The molecule has 13 heteroatoms. The molecule has 12 nitrogen and oxygen atoms in total. The maximum absolute atomic E-state index is 12.9. The number of benzene rings is 1. The topological polar surface area (TPSA) is 156 Å². The van der Waals surface area contributed by atoms with Gasteiger partial charge in [-0.25, -0.2) is 10.1 Å². The lowest BCUT2D eigenvalue weighted by Crippen LogP contribution is -2.20. The second-order valence-electron chi connectivity index (χ2n) is 6.36. The van der Waals surface area contributed by atoms with Crippen molar-refractivity contribution in [3.05, 3.63) is 47.0 Å². The summed E-state index contributed by atoms with van der Waals surface area (Å²) in [5.41, 5.74) is 10.0. The summed E-state index contributed by atoms with van der Waals surface area (Å²) in [6, 6.07) is 8.98. The molecule has 3 heterocycles. The third kappa shape index (κ3) is 3.88. The van der Waals surface area contributed by atoms with Crippen molar-refractivity contribution >= 4 is 28.8 Å². The van der Waals surface area contributed by atoms with Crippen molar-refractivity contribution in [2.45, 2.75) is 6.92 Å². The van der Waals surface area contributed by atoms with Crippen LogP contribution in [0, 0.1) is 0 Å². The minimum atomic E-state index is -0.561. The number of anilines is 1. The molecule has 1 aromatic carbocycles. The Labute approximate surface area is 185 Å². The number of carbonyl (C=O) groups excluding carboxylic acids is 1. The number of thiophene rings is 1. The number of hydrogen-bond donors (Lipinski definition) is 2. The molecule has 0 atom stereocenters. The van der Waals surface area contributed by atoms with Crippen molar-refractivity contribution < 1.29 is 18.9 Å². The summed E-state index contributed by atoms with van der Waals surface area (Å²) < 4.78 is 16.5. The van der Waals surface area contributed by atoms with Gasteiger partial charge in [-0.05, 0) is 46.9 Å². The highest BCUT2D eigenvalue weighted by Gasteiger charge is 2.25. The SMILES string of the molecule is COc1ccc(/C(C)=N\NC(=O)c2nnn(-c3nonc3N)c2-c2cccs2)cc1OC. The number of amides is 1. The van der Waals surface area contributed by atoms with Crippen LogP contribution in [0.5, 0.6) is 11.5 Å². The number of hydrogen-bond acceptors (Lipinski definition) is 11. The molecule has 3 aromatic heterocycles. The maximum Gasteiger partial charge on any atom is 0.294 e. The van der Waals surface area contributed by atoms with E-state index in [1.165, 1.54) is 16.0 Å². The summed E-state index contributed by atoms with van der Waals surface area (Å²) in [7, 11) is 3.10. The van der Waals surface area contributed by atoms with Crippen molar-refractivity contribution in [1.29, 1.82) is 0 Å². The van der Waals surface area contributed by atoms with Crippen LogP contribution >= 0.6 is 11.3 Å². The van der Waals surface area contributed by atoms with E-state index in [1.54, 1.807) is 39.3 Å². The number of rotatable bonds is 7. The Morgan fingerprint density at radius 2 is 2.03 bits per heavy atom. The summed E-state index contributed by atoms with van der Waals surface area (Å²) >= 11 is 1.40. The first-order chi connectivity index (χ1) is 15.5. The molecular formula is C19H18N8O4S. The highest BCUT2D eigenvalue weighted by atomic mass is 32.1. The zero-order valence-corrected chi connectivity index (χ0v) is 18.1.